The Morgan fingerprint density at radius 2 is 1.87 bits per heavy atom. The Labute approximate surface area is 140 Å². The van der Waals surface area contributed by atoms with Crippen molar-refractivity contribution in [3.8, 4) is 0 Å². The molecule has 0 saturated carbocycles. The maximum atomic E-state index is 13.4. The molecule has 23 heavy (non-hydrogen) atoms. The summed E-state index contributed by atoms with van der Waals surface area (Å²) in [5, 5.41) is 10.3. The number of hydrogen-bond acceptors (Lipinski definition) is 3. The molecule has 0 N–H and O–H groups in total. The van der Waals surface area contributed by atoms with Gasteiger partial charge in [-0.05, 0) is 30.7 Å². The maximum absolute atomic E-state index is 13.4. The van der Waals surface area contributed by atoms with E-state index in [2.05, 4.69) is 32.2 Å². The van der Waals surface area contributed by atoms with Crippen LogP contribution in [-0.4, -0.2) is 33.6 Å². The molecule has 3 heterocycles. The molecule has 0 atom stereocenters. The Balaban J connectivity index is 1.91. The van der Waals surface area contributed by atoms with Gasteiger partial charge in [-0.2, -0.15) is 0 Å². The lowest BCUT2D eigenvalue weighted by Gasteiger charge is -2.33. The molecular weight excluding hydrogens is 366 g/mol. The van der Waals surface area contributed by atoms with E-state index in [-0.39, 0.29) is 12.8 Å². The lowest BCUT2D eigenvalue weighted by atomic mass is 10.1. The van der Waals surface area contributed by atoms with Crippen molar-refractivity contribution in [1.29, 1.82) is 0 Å². The van der Waals surface area contributed by atoms with E-state index in [9.17, 15) is 8.78 Å². The van der Waals surface area contributed by atoms with Crippen molar-refractivity contribution in [2.24, 2.45) is 0 Å². The van der Waals surface area contributed by atoms with E-state index in [0.29, 0.717) is 13.1 Å². The molecule has 4 rings (SSSR count). The van der Waals surface area contributed by atoms with Crippen LogP contribution in [0.2, 0.25) is 0 Å². The lowest BCUT2D eigenvalue weighted by molar-refractivity contribution is -0.0221. The molecule has 1 aliphatic heterocycles. The minimum atomic E-state index is -2.56. The number of pyridine rings is 1. The van der Waals surface area contributed by atoms with Crippen molar-refractivity contribution in [3.05, 3.63) is 34.6 Å². The second-order valence-electron chi connectivity index (χ2n) is 6.08. The van der Waals surface area contributed by atoms with Crippen molar-refractivity contribution < 1.29 is 8.78 Å². The number of halogens is 3. The fourth-order valence-corrected chi connectivity index (χ4v) is 3.87. The van der Waals surface area contributed by atoms with Crippen molar-refractivity contribution in [2.45, 2.75) is 25.7 Å². The monoisotopic (exact) mass is 380 g/mol. The Kier molecular flexibility index (Phi) is 3.30. The van der Waals surface area contributed by atoms with Gasteiger partial charge in [-0.15, -0.1) is 10.2 Å². The molecule has 4 nitrogen and oxygen atoms in total. The van der Waals surface area contributed by atoms with Gasteiger partial charge in [0.2, 0.25) is 0 Å². The fourth-order valence-electron chi connectivity index (χ4n) is 3.18. The summed E-state index contributed by atoms with van der Waals surface area (Å²) in [6.07, 6.45) is 1.40. The predicted molar refractivity (Wildman–Crippen MR) is 89.3 cm³/mol. The number of alkyl halides is 2. The highest BCUT2D eigenvalue weighted by Gasteiger charge is 2.34. The second kappa shape index (κ2) is 5.12. The highest BCUT2D eigenvalue weighted by molar-refractivity contribution is 9.10. The third-order valence-corrected chi connectivity index (χ3v) is 5.06. The molecule has 3 aromatic rings. The molecule has 1 aromatic carbocycles. The summed E-state index contributed by atoms with van der Waals surface area (Å²) in [7, 11) is 0. The number of fused-ring (bicyclic) bond motifs is 3. The largest absolute Gasteiger partial charge is 0.357 e. The number of rotatable bonds is 1. The fraction of sp³-hybridized carbons (Fsp3) is 0.375. The van der Waals surface area contributed by atoms with Crippen LogP contribution < -0.4 is 4.90 Å². The summed E-state index contributed by atoms with van der Waals surface area (Å²) in [5.41, 5.74) is 1.87. The first-order chi connectivity index (χ1) is 10.9. The minimum Gasteiger partial charge on any atom is -0.357 e. The number of hydrogen-bond donors (Lipinski definition) is 0. The maximum Gasteiger partial charge on any atom is 0.251 e. The lowest BCUT2D eigenvalue weighted by Crippen LogP contribution is -2.40. The summed E-state index contributed by atoms with van der Waals surface area (Å²) >= 11 is 3.60. The Morgan fingerprint density at radius 1 is 1.13 bits per heavy atom. The minimum absolute atomic E-state index is 0.121. The van der Waals surface area contributed by atoms with E-state index in [0.717, 1.165) is 32.3 Å². The number of anilines is 1. The van der Waals surface area contributed by atoms with E-state index in [1.165, 1.54) is 0 Å². The van der Waals surface area contributed by atoms with Gasteiger partial charge in [0.05, 0.1) is 0 Å². The highest BCUT2D eigenvalue weighted by Crippen LogP contribution is 2.35. The summed E-state index contributed by atoms with van der Waals surface area (Å²) in [4.78, 5) is 1.99. The van der Waals surface area contributed by atoms with Crippen LogP contribution in [-0.2, 0) is 0 Å². The predicted octanol–water partition coefficient (Wildman–Crippen LogP) is 4.19. The normalized spacial score (nSPS) is 18.0. The second-order valence-corrected chi connectivity index (χ2v) is 6.93. The van der Waals surface area contributed by atoms with Crippen LogP contribution in [0, 0.1) is 6.92 Å². The molecule has 0 aliphatic carbocycles. The van der Waals surface area contributed by atoms with Gasteiger partial charge in [-0.1, -0.05) is 15.9 Å². The van der Waals surface area contributed by atoms with Crippen molar-refractivity contribution >= 4 is 38.2 Å². The number of aryl methyl sites for hydroxylation is 1. The van der Waals surface area contributed by atoms with E-state index < -0.39 is 5.92 Å². The molecule has 1 fully saturated rings. The molecule has 1 saturated heterocycles. The number of piperidine rings is 1. The van der Waals surface area contributed by atoms with Crippen LogP contribution in [0.15, 0.2) is 29.0 Å². The zero-order chi connectivity index (χ0) is 16.2. The van der Waals surface area contributed by atoms with E-state index >= 15 is 0 Å². The highest BCUT2D eigenvalue weighted by atomic mass is 79.9. The molecule has 0 bridgehead atoms. The van der Waals surface area contributed by atoms with Crippen molar-refractivity contribution in [3.63, 3.8) is 0 Å². The van der Waals surface area contributed by atoms with Crippen molar-refractivity contribution in [1.82, 2.24) is 14.6 Å². The zero-order valence-electron chi connectivity index (χ0n) is 12.6. The molecule has 7 heteroatoms. The SMILES string of the molecule is Cc1cc(Br)c2cc(N3CCC(F)(F)CC3)n3cnnc3c2c1. The Hall–Kier alpha value is -1.76. The quantitative estimate of drug-likeness (QED) is 0.634. The van der Waals surface area contributed by atoms with Crippen LogP contribution >= 0.6 is 15.9 Å². The topological polar surface area (TPSA) is 33.4 Å². The van der Waals surface area contributed by atoms with Crippen LogP contribution in [0.4, 0.5) is 14.6 Å². The van der Waals surface area contributed by atoms with Gasteiger partial charge in [0.25, 0.3) is 5.92 Å². The zero-order valence-corrected chi connectivity index (χ0v) is 14.1. The van der Waals surface area contributed by atoms with Crippen LogP contribution in [0.1, 0.15) is 18.4 Å². The van der Waals surface area contributed by atoms with Crippen molar-refractivity contribution in [2.75, 3.05) is 18.0 Å². The van der Waals surface area contributed by atoms with Gasteiger partial charge < -0.3 is 4.90 Å². The van der Waals surface area contributed by atoms with E-state index in [1.54, 1.807) is 6.33 Å². The molecule has 0 unspecified atom stereocenters. The third-order valence-electron chi connectivity index (χ3n) is 4.40. The molecular formula is C16H15BrF2N4. The number of benzene rings is 1. The number of nitrogens with zero attached hydrogens (tertiary/aromatic N) is 4. The first kappa shape index (κ1) is 14.8. The molecule has 0 spiro atoms. The van der Waals surface area contributed by atoms with Crippen LogP contribution in [0.3, 0.4) is 0 Å². The standard InChI is InChI=1S/C16H15BrF2N4/c1-10-6-12-11(13(17)7-10)8-14(23-9-20-21-15(12)23)22-4-2-16(18,19)3-5-22/h6-9H,2-5H2,1H3. The molecule has 0 amide bonds. The Morgan fingerprint density at radius 3 is 2.61 bits per heavy atom. The summed E-state index contributed by atoms with van der Waals surface area (Å²) in [6, 6.07) is 6.14. The molecule has 1 aliphatic rings. The van der Waals surface area contributed by atoms with Gasteiger partial charge in [0.15, 0.2) is 5.65 Å². The average Bonchev–Trinajstić information content (AvgIpc) is 2.97. The first-order valence-electron chi connectivity index (χ1n) is 7.50. The van der Waals surface area contributed by atoms with Gasteiger partial charge in [0.1, 0.15) is 12.1 Å². The Bertz CT molecular complexity index is 896. The van der Waals surface area contributed by atoms with Gasteiger partial charge >= 0.3 is 0 Å². The van der Waals surface area contributed by atoms with Gasteiger partial charge in [-0.3, -0.25) is 4.40 Å². The van der Waals surface area contributed by atoms with Crippen LogP contribution in [0.5, 0.6) is 0 Å². The van der Waals surface area contributed by atoms with Crippen LogP contribution in [0.25, 0.3) is 16.4 Å². The third kappa shape index (κ3) is 2.47. The number of aromatic nitrogens is 3. The van der Waals surface area contributed by atoms with E-state index in [4.69, 9.17) is 0 Å². The molecule has 2 aromatic heterocycles. The molecule has 120 valence electrons. The van der Waals surface area contributed by atoms with E-state index in [1.807, 2.05) is 28.4 Å². The van der Waals surface area contributed by atoms with Gasteiger partial charge in [0, 0.05) is 41.2 Å². The summed E-state index contributed by atoms with van der Waals surface area (Å²) in [6.45, 7) is 2.68. The molecule has 0 radical (unpaired) electrons. The summed E-state index contributed by atoms with van der Waals surface area (Å²) < 4.78 is 29.7. The smallest absolute Gasteiger partial charge is 0.251 e. The average molecular weight is 381 g/mol. The first-order valence-corrected chi connectivity index (χ1v) is 8.29. The van der Waals surface area contributed by atoms with Gasteiger partial charge in [-0.25, -0.2) is 8.78 Å². The summed E-state index contributed by atoms with van der Waals surface area (Å²) in [5.74, 6) is -1.70.